The normalized spacial score (nSPS) is 20.8. The van der Waals surface area contributed by atoms with Crippen LogP contribution in [0.2, 0.25) is 0 Å². The lowest BCUT2D eigenvalue weighted by Gasteiger charge is -2.33. The third kappa shape index (κ3) is 4.52. The third-order valence-corrected chi connectivity index (χ3v) is 3.07. The van der Waals surface area contributed by atoms with Crippen LogP contribution in [0.5, 0.6) is 0 Å². The summed E-state index contributed by atoms with van der Waals surface area (Å²) in [4.78, 5) is 0. The van der Waals surface area contributed by atoms with Gasteiger partial charge in [0, 0.05) is 18.7 Å². The van der Waals surface area contributed by atoms with Crippen molar-refractivity contribution in [2.45, 2.75) is 70.9 Å². The second-order valence-corrected chi connectivity index (χ2v) is 5.84. The van der Waals surface area contributed by atoms with Gasteiger partial charge in [0.25, 0.3) is 0 Å². The fourth-order valence-electron chi connectivity index (χ4n) is 2.14. The molecule has 0 atom stereocenters. The van der Waals surface area contributed by atoms with Gasteiger partial charge < -0.3 is 10.1 Å². The van der Waals surface area contributed by atoms with Crippen LogP contribution in [-0.4, -0.2) is 24.3 Å². The van der Waals surface area contributed by atoms with Crippen LogP contribution >= 0.6 is 0 Å². The molecule has 0 aliphatic heterocycles. The van der Waals surface area contributed by atoms with Gasteiger partial charge >= 0.3 is 0 Å². The van der Waals surface area contributed by atoms with Crippen molar-refractivity contribution in [2.24, 2.45) is 0 Å². The van der Waals surface area contributed by atoms with Crippen LogP contribution in [-0.2, 0) is 4.74 Å². The lowest BCUT2D eigenvalue weighted by atomic mass is 9.99. The van der Waals surface area contributed by atoms with Crippen molar-refractivity contribution >= 4 is 0 Å². The van der Waals surface area contributed by atoms with E-state index in [1.165, 1.54) is 25.7 Å². The summed E-state index contributed by atoms with van der Waals surface area (Å²) in [5.74, 6) is 0. The van der Waals surface area contributed by atoms with Crippen LogP contribution in [0.25, 0.3) is 0 Å². The first-order chi connectivity index (χ1) is 6.97. The summed E-state index contributed by atoms with van der Waals surface area (Å²) >= 11 is 0. The van der Waals surface area contributed by atoms with E-state index in [0.717, 1.165) is 19.6 Å². The predicted octanol–water partition coefficient (Wildman–Crippen LogP) is 3.11. The summed E-state index contributed by atoms with van der Waals surface area (Å²) in [6, 6.07) is 0. The van der Waals surface area contributed by atoms with E-state index in [1.807, 2.05) is 0 Å². The molecule has 1 saturated carbocycles. The SMILES string of the molecule is CCCOC1(CNC(C)(C)C)CCCC1. The molecule has 0 amide bonds. The molecule has 0 heterocycles. The molecule has 90 valence electrons. The second-order valence-electron chi connectivity index (χ2n) is 5.84. The van der Waals surface area contributed by atoms with Crippen LogP contribution < -0.4 is 5.32 Å². The monoisotopic (exact) mass is 213 g/mol. The van der Waals surface area contributed by atoms with Gasteiger partial charge in [-0.05, 0) is 40.0 Å². The molecule has 2 nitrogen and oxygen atoms in total. The van der Waals surface area contributed by atoms with Crippen molar-refractivity contribution < 1.29 is 4.74 Å². The minimum absolute atomic E-state index is 0.142. The van der Waals surface area contributed by atoms with E-state index in [4.69, 9.17) is 4.74 Å². The fraction of sp³-hybridized carbons (Fsp3) is 1.00. The zero-order valence-electron chi connectivity index (χ0n) is 10.9. The standard InChI is InChI=1S/C13H27NO/c1-5-10-15-13(8-6-7-9-13)11-14-12(2,3)4/h14H,5-11H2,1-4H3. The van der Waals surface area contributed by atoms with E-state index in [9.17, 15) is 0 Å². The Balaban J connectivity index is 2.42. The van der Waals surface area contributed by atoms with E-state index in [0.29, 0.717) is 0 Å². The number of hydrogen-bond acceptors (Lipinski definition) is 2. The van der Waals surface area contributed by atoms with Gasteiger partial charge in [0.1, 0.15) is 0 Å². The maximum atomic E-state index is 6.07. The highest BCUT2D eigenvalue weighted by Gasteiger charge is 2.35. The maximum absolute atomic E-state index is 6.07. The zero-order valence-corrected chi connectivity index (χ0v) is 10.9. The Hall–Kier alpha value is -0.0800. The van der Waals surface area contributed by atoms with Gasteiger partial charge in [-0.3, -0.25) is 0 Å². The molecule has 0 aromatic rings. The van der Waals surface area contributed by atoms with E-state index in [-0.39, 0.29) is 11.1 Å². The van der Waals surface area contributed by atoms with Gasteiger partial charge in [-0.15, -0.1) is 0 Å². The molecule has 1 aliphatic carbocycles. The largest absolute Gasteiger partial charge is 0.374 e. The maximum Gasteiger partial charge on any atom is 0.0806 e. The molecule has 1 fully saturated rings. The van der Waals surface area contributed by atoms with Gasteiger partial charge in [0.05, 0.1) is 5.60 Å². The molecular weight excluding hydrogens is 186 g/mol. The van der Waals surface area contributed by atoms with Gasteiger partial charge in [-0.2, -0.15) is 0 Å². The van der Waals surface area contributed by atoms with E-state index in [1.54, 1.807) is 0 Å². The lowest BCUT2D eigenvalue weighted by Crippen LogP contribution is -2.48. The molecule has 0 aromatic carbocycles. The first kappa shape index (κ1) is 13.0. The molecular formula is C13H27NO. The van der Waals surface area contributed by atoms with E-state index in [2.05, 4.69) is 33.0 Å². The molecule has 0 bridgehead atoms. The molecule has 15 heavy (non-hydrogen) atoms. The molecule has 0 unspecified atom stereocenters. The van der Waals surface area contributed by atoms with Crippen molar-refractivity contribution in [2.75, 3.05) is 13.2 Å². The van der Waals surface area contributed by atoms with Crippen LogP contribution in [0.3, 0.4) is 0 Å². The van der Waals surface area contributed by atoms with Crippen molar-refractivity contribution in [1.82, 2.24) is 5.32 Å². The van der Waals surface area contributed by atoms with E-state index >= 15 is 0 Å². The topological polar surface area (TPSA) is 21.3 Å². The van der Waals surface area contributed by atoms with Crippen LogP contribution in [0, 0.1) is 0 Å². The van der Waals surface area contributed by atoms with Crippen molar-refractivity contribution in [3.8, 4) is 0 Å². The smallest absolute Gasteiger partial charge is 0.0806 e. The number of rotatable bonds is 5. The highest BCUT2D eigenvalue weighted by molar-refractivity contribution is 4.90. The molecule has 1 aliphatic rings. The number of nitrogens with one attached hydrogen (secondary N) is 1. The van der Waals surface area contributed by atoms with Crippen molar-refractivity contribution in [1.29, 1.82) is 0 Å². The summed E-state index contributed by atoms with van der Waals surface area (Å²) in [7, 11) is 0. The third-order valence-electron chi connectivity index (χ3n) is 3.07. The van der Waals surface area contributed by atoms with Crippen LogP contribution in [0.4, 0.5) is 0 Å². The second kappa shape index (κ2) is 5.31. The summed E-state index contributed by atoms with van der Waals surface area (Å²) in [5.41, 5.74) is 0.342. The van der Waals surface area contributed by atoms with E-state index < -0.39 is 0 Å². The summed E-state index contributed by atoms with van der Waals surface area (Å²) < 4.78 is 6.07. The highest BCUT2D eigenvalue weighted by Crippen LogP contribution is 2.33. The van der Waals surface area contributed by atoms with Gasteiger partial charge in [0.15, 0.2) is 0 Å². The molecule has 0 spiro atoms. The van der Waals surface area contributed by atoms with Gasteiger partial charge in [0.2, 0.25) is 0 Å². The minimum atomic E-state index is 0.142. The zero-order chi connectivity index (χ0) is 11.4. The Bertz CT molecular complexity index is 177. The van der Waals surface area contributed by atoms with Crippen molar-refractivity contribution in [3.05, 3.63) is 0 Å². The molecule has 0 aromatic heterocycles. The Morgan fingerprint density at radius 3 is 2.27 bits per heavy atom. The number of ether oxygens (including phenoxy) is 1. The number of hydrogen-bond donors (Lipinski definition) is 1. The quantitative estimate of drug-likeness (QED) is 0.757. The molecule has 1 rings (SSSR count). The average molecular weight is 213 g/mol. The van der Waals surface area contributed by atoms with Crippen molar-refractivity contribution in [3.63, 3.8) is 0 Å². The molecule has 0 radical (unpaired) electrons. The van der Waals surface area contributed by atoms with Gasteiger partial charge in [-0.25, -0.2) is 0 Å². The fourth-order valence-corrected chi connectivity index (χ4v) is 2.14. The Kier molecular flexibility index (Phi) is 4.60. The van der Waals surface area contributed by atoms with Crippen LogP contribution in [0.15, 0.2) is 0 Å². The minimum Gasteiger partial charge on any atom is -0.374 e. The molecule has 0 saturated heterocycles. The van der Waals surface area contributed by atoms with Crippen LogP contribution in [0.1, 0.15) is 59.8 Å². The molecule has 2 heteroatoms. The lowest BCUT2D eigenvalue weighted by molar-refractivity contribution is -0.0422. The summed E-state index contributed by atoms with van der Waals surface area (Å²) in [5, 5.41) is 3.59. The van der Waals surface area contributed by atoms with Gasteiger partial charge in [-0.1, -0.05) is 19.8 Å². The Morgan fingerprint density at radius 1 is 1.20 bits per heavy atom. The summed E-state index contributed by atoms with van der Waals surface area (Å²) in [6.45, 7) is 10.8. The Labute approximate surface area is 94.8 Å². The average Bonchev–Trinajstić information content (AvgIpc) is 2.60. The molecule has 1 N–H and O–H groups in total. The predicted molar refractivity (Wildman–Crippen MR) is 65.2 cm³/mol. The summed E-state index contributed by atoms with van der Waals surface area (Å²) in [6.07, 6.45) is 6.24. The first-order valence-corrected chi connectivity index (χ1v) is 6.36. The Morgan fingerprint density at radius 2 is 1.80 bits per heavy atom. The highest BCUT2D eigenvalue weighted by atomic mass is 16.5. The first-order valence-electron chi connectivity index (χ1n) is 6.36.